The molecule has 15 heavy (non-hydrogen) atoms. The van der Waals surface area contributed by atoms with E-state index in [1.54, 1.807) is 4.57 Å². The Morgan fingerprint density at radius 1 is 1.60 bits per heavy atom. The number of aromatic nitrogens is 2. The maximum Gasteiger partial charge on any atom is 0.347 e. The molecule has 0 bridgehead atoms. The number of aryl methyl sites for hydroxylation is 2. The molecule has 82 valence electrons. The second-order valence-electron chi connectivity index (χ2n) is 4.29. The maximum absolute atomic E-state index is 11.7. The van der Waals surface area contributed by atoms with E-state index in [1.807, 2.05) is 19.9 Å². The van der Waals surface area contributed by atoms with E-state index in [9.17, 15) is 4.79 Å². The number of hydrogen-bond donors (Lipinski definition) is 1. The molecule has 1 unspecified atom stereocenters. The van der Waals surface area contributed by atoms with Crippen LogP contribution in [0.5, 0.6) is 0 Å². The Labute approximate surface area is 89.3 Å². The molecule has 1 aromatic heterocycles. The zero-order valence-electron chi connectivity index (χ0n) is 9.29. The Morgan fingerprint density at radius 2 is 2.40 bits per heavy atom. The summed E-state index contributed by atoms with van der Waals surface area (Å²) in [6, 6.07) is 1.96. The summed E-state index contributed by atoms with van der Waals surface area (Å²) in [7, 11) is 0. The summed E-state index contributed by atoms with van der Waals surface area (Å²) < 4.78 is 1.78. The van der Waals surface area contributed by atoms with Crippen LogP contribution in [-0.4, -0.2) is 22.6 Å². The number of nitrogens with zero attached hydrogens (tertiary/aromatic N) is 2. The minimum absolute atomic E-state index is 0.112. The normalized spacial score (nSPS) is 20.8. The summed E-state index contributed by atoms with van der Waals surface area (Å²) in [4.78, 5) is 15.6. The minimum atomic E-state index is -0.112. The van der Waals surface area contributed by atoms with Gasteiger partial charge in [0.15, 0.2) is 0 Å². The molecule has 0 spiro atoms. The molecule has 1 aliphatic heterocycles. The average molecular weight is 207 g/mol. The van der Waals surface area contributed by atoms with Crippen LogP contribution < -0.4 is 11.0 Å². The molecule has 1 fully saturated rings. The molecular weight excluding hydrogens is 190 g/mol. The molecule has 1 N–H and O–H groups in total. The first-order valence-electron chi connectivity index (χ1n) is 5.42. The standard InChI is InChI=1S/C11H17N3O/c1-8-5-9(2)14(11(15)13-8)7-10-3-4-12-6-10/h5,10,12H,3-4,6-7H2,1-2H3. The van der Waals surface area contributed by atoms with Crippen LogP contribution in [0.1, 0.15) is 17.8 Å². The van der Waals surface area contributed by atoms with E-state index >= 15 is 0 Å². The monoisotopic (exact) mass is 207 g/mol. The molecule has 1 saturated heterocycles. The van der Waals surface area contributed by atoms with Crippen molar-refractivity contribution in [3.8, 4) is 0 Å². The van der Waals surface area contributed by atoms with Crippen LogP contribution in [0.15, 0.2) is 10.9 Å². The van der Waals surface area contributed by atoms with Crippen molar-refractivity contribution in [1.82, 2.24) is 14.9 Å². The second-order valence-corrected chi connectivity index (χ2v) is 4.29. The lowest BCUT2D eigenvalue weighted by Gasteiger charge is -2.13. The third kappa shape index (κ3) is 2.26. The molecule has 1 atom stereocenters. The molecular formula is C11H17N3O. The molecule has 0 radical (unpaired) electrons. The number of rotatable bonds is 2. The largest absolute Gasteiger partial charge is 0.347 e. The first-order valence-corrected chi connectivity index (χ1v) is 5.42. The minimum Gasteiger partial charge on any atom is -0.316 e. The van der Waals surface area contributed by atoms with E-state index in [4.69, 9.17) is 0 Å². The van der Waals surface area contributed by atoms with Crippen LogP contribution in [0.25, 0.3) is 0 Å². The Kier molecular flexibility index (Phi) is 2.86. The molecule has 1 aromatic rings. The molecule has 2 rings (SSSR count). The Bertz CT molecular complexity index is 405. The Morgan fingerprint density at radius 3 is 3.00 bits per heavy atom. The molecule has 0 aliphatic carbocycles. The summed E-state index contributed by atoms with van der Waals surface area (Å²) in [5.41, 5.74) is 1.71. The van der Waals surface area contributed by atoms with E-state index in [0.717, 1.165) is 37.4 Å². The third-order valence-electron chi connectivity index (χ3n) is 2.95. The predicted molar refractivity (Wildman–Crippen MR) is 58.9 cm³/mol. The van der Waals surface area contributed by atoms with E-state index in [0.29, 0.717) is 5.92 Å². The average Bonchev–Trinajstić information content (AvgIpc) is 2.63. The van der Waals surface area contributed by atoms with E-state index in [-0.39, 0.29) is 5.69 Å². The second kappa shape index (κ2) is 4.14. The zero-order chi connectivity index (χ0) is 10.8. The van der Waals surface area contributed by atoms with Gasteiger partial charge in [-0.05, 0) is 45.3 Å². The van der Waals surface area contributed by atoms with Gasteiger partial charge in [-0.1, -0.05) is 0 Å². The lowest BCUT2D eigenvalue weighted by molar-refractivity contribution is 0.458. The molecule has 1 aliphatic rings. The summed E-state index contributed by atoms with van der Waals surface area (Å²) in [6.45, 7) is 6.71. The highest BCUT2D eigenvalue weighted by atomic mass is 16.1. The SMILES string of the molecule is Cc1cc(C)n(CC2CCNC2)c(=O)n1. The summed E-state index contributed by atoms with van der Waals surface area (Å²) in [5, 5.41) is 3.31. The fraction of sp³-hybridized carbons (Fsp3) is 0.636. The molecule has 4 nitrogen and oxygen atoms in total. The van der Waals surface area contributed by atoms with Crippen LogP contribution in [0.2, 0.25) is 0 Å². The van der Waals surface area contributed by atoms with E-state index in [2.05, 4.69) is 10.3 Å². The van der Waals surface area contributed by atoms with E-state index in [1.165, 1.54) is 0 Å². The molecule has 2 heterocycles. The third-order valence-corrected chi connectivity index (χ3v) is 2.95. The van der Waals surface area contributed by atoms with Crippen molar-refractivity contribution >= 4 is 0 Å². The number of hydrogen-bond acceptors (Lipinski definition) is 3. The summed E-state index contributed by atoms with van der Waals surface area (Å²) in [5.74, 6) is 0.575. The molecule has 0 saturated carbocycles. The Balaban J connectivity index is 2.23. The van der Waals surface area contributed by atoms with Gasteiger partial charge in [0.2, 0.25) is 0 Å². The molecule has 0 amide bonds. The van der Waals surface area contributed by atoms with Gasteiger partial charge in [-0.15, -0.1) is 0 Å². The smallest absolute Gasteiger partial charge is 0.316 e. The van der Waals surface area contributed by atoms with Gasteiger partial charge in [0, 0.05) is 17.9 Å². The first kappa shape index (κ1) is 10.4. The highest BCUT2D eigenvalue weighted by Crippen LogP contribution is 2.10. The summed E-state index contributed by atoms with van der Waals surface area (Å²) >= 11 is 0. The van der Waals surface area contributed by atoms with Crippen molar-refractivity contribution in [1.29, 1.82) is 0 Å². The van der Waals surface area contributed by atoms with Crippen molar-refractivity contribution in [2.75, 3.05) is 13.1 Å². The van der Waals surface area contributed by atoms with Gasteiger partial charge in [0.1, 0.15) is 0 Å². The topological polar surface area (TPSA) is 46.9 Å². The van der Waals surface area contributed by atoms with Crippen LogP contribution >= 0.6 is 0 Å². The van der Waals surface area contributed by atoms with Crippen molar-refractivity contribution in [2.24, 2.45) is 5.92 Å². The van der Waals surface area contributed by atoms with Gasteiger partial charge in [-0.2, -0.15) is 4.98 Å². The summed E-state index contributed by atoms with van der Waals surface area (Å²) in [6.07, 6.45) is 1.15. The predicted octanol–water partition coefficient (Wildman–Crippen LogP) is 0.470. The van der Waals surface area contributed by atoms with Crippen LogP contribution in [0.4, 0.5) is 0 Å². The van der Waals surface area contributed by atoms with Crippen molar-refractivity contribution < 1.29 is 0 Å². The lowest BCUT2D eigenvalue weighted by Crippen LogP contribution is -2.29. The maximum atomic E-state index is 11.7. The van der Waals surface area contributed by atoms with Gasteiger partial charge in [-0.25, -0.2) is 4.79 Å². The highest BCUT2D eigenvalue weighted by Gasteiger charge is 2.16. The fourth-order valence-electron chi connectivity index (χ4n) is 2.13. The molecule has 4 heteroatoms. The van der Waals surface area contributed by atoms with E-state index < -0.39 is 0 Å². The van der Waals surface area contributed by atoms with Gasteiger partial charge in [0.05, 0.1) is 0 Å². The first-order chi connectivity index (χ1) is 7.16. The van der Waals surface area contributed by atoms with Gasteiger partial charge >= 0.3 is 5.69 Å². The molecule has 0 aromatic carbocycles. The van der Waals surface area contributed by atoms with Crippen molar-refractivity contribution in [3.63, 3.8) is 0 Å². The van der Waals surface area contributed by atoms with Crippen LogP contribution in [0, 0.1) is 19.8 Å². The zero-order valence-corrected chi connectivity index (χ0v) is 9.29. The number of nitrogens with one attached hydrogen (secondary N) is 1. The van der Waals surface area contributed by atoms with Crippen molar-refractivity contribution in [2.45, 2.75) is 26.8 Å². The van der Waals surface area contributed by atoms with Gasteiger partial charge in [-0.3, -0.25) is 4.57 Å². The van der Waals surface area contributed by atoms with Gasteiger partial charge < -0.3 is 5.32 Å². The van der Waals surface area contributed by atoms with Crippen molar-refractivity contribution in [3.05, 3.63) is 27.9 Å². The highest BCUT2D eigenvalue weighted by molar-refractivity contribution is 5.06. The van der Waals surface area contributed by atoms with Crippen LogP contribution in [0.3, 0.4) is 0 Å². The van der Waals surface area contributed by atoms with Gasteiger partial charge in [0.25, 0.3) is 0 Å². The van der Waals surface area contributed by atoms with Crippen LogP contribution in [-0.2, 0) is 6.54 Å². The lowest BCUT2D eigenvalue weighted by atomic mass is 10.1. The Hall–Kier alpha value is -1.16. The quantitative estimate of drug-likeness (QED) is 0.767. The fourth-order valence-corrected chi connectivity index (χ4v) is 2.13.